The topological polar surface area (TPSA) is 65.2 Å². The number of aromatic nitrogens is 1. The first-order valence-electron chi connectivity index (χ1n) is 3.95. The maximum atomic E-state index is 11.5. The van der Waals surface area contributed by atoms with Gasteiger partial charge in [0.25, 0.3) is 0 Å². The molecule has 1 heterocycles. The van der Waals surface area contributed by atoms with Gasteiger partial charge in [0, 0.05) is 6.20 Å². The van der Waals surface area contributed by atoms with Crippen molar-refractivity contribution in [2.24, 2.45) is 5.73 Å². The highest BCUT2D eigenvalue weighted by Crippen LogP contribution is 2.15. The smallest absolute Gasteiger partial charge is 0.201 e. The molecular weight excluding hydrogens is 168 g/mol. The third-order valence-corrected chi connectivity index (χ3v) is 1.64. The van der Waals surface area contributed by atoms with Gasteiger partial charge in [-0.3, -0.25) is 4.79 Å². The van der Waals surface area contributed by atoms with Gasteiger partial charge in [-0.15, -0.1) is 0 Å². The molecule has 2 N–H and O–H groups in total. The quantitative estimate of drug-likeness (QED) is 0.692. The van der Waals surface area contributed by atoms with Crippen LogP contribution in [0, 0.1) is 0 Å². The number of Topliss-reactive ketones (excluding diaryl/α,β-unsaturated/α-hetero) is 1. The van der Waals surface area contributed by atoms with Crippen molar-refractivity contribution in [3.8, 4) is 5.75 Å². The number of ether oxygens (including phenoxy) is 1. The molecule has 1 aromatic rings. The summed E-state index contributed by atoms with van der Waals surface area (Å²) in [5.74, 6) is 0.252. The van der Waals surface area contributed by atoms with Gasteiger partial charge in [-0.05, 0) is 19.1 Å². The van der Waals surface area contributed by atoms with Crippen LogP contribution in [0.25, 0.3) is 0 Å². The van der Waals surface area contributed by atoms with E-state index >= 15 is 0 Å². The average molecular weight is 180 g/mol. The predicted molar refractivity (Wildman–Crippen MR) is 48.8 cm³/mol. The van der Waals surface area contributed by atoms with Crippen molar-refractivity contribution in [2.75, 3.05) is 7.11 Å². The normalized spacial score (nSPS) is 12.2. The highest BCUT2D eigenvalue weighted by atomic mass is 16.5. The third kappa shape index (κ3) is 2.03. The molecule has 0 fully saturated rings. The Hall–Kier alpha value is -1.42. The molecule has 0 aromatic carbocycles. The summed E-state index contributed by atoms with van der Waals surface area (Å²) >= 11 is 0. The number of ketones is 1. The van der Waals surface area contributed by atoms with Crippen LogP contribution in [0.5, 0.6) is 5.75 Å². The molecule has 0 spiro atoms. The first-order chi connectivity index (χ1) is 6.16. The van der Waals surface area contributed by atoms with Gasteiger partial charge in [0.05, 0.1) is 13.2 Å². The van der Waals surface area contributed by atoms with Gasteiger partial charge in [0.1, 0.15) is 11.4 Å². The molecule has 1 rings (SSSR count). The number of carbonyl (C=O) groups is 1. The maximum Gasteiger partial charge on any atom is 0.201 e. The lowest BCUT2D eigenvalue weighted by molar-refractivity contribution is 0.0960. The van der Waals surface area contributed by atoms with Crippen LogP contribution in [-0.2, 0) is 0 Å². The van der Waals surface area contributed by atoms with Gasteiger partial charge >= 0.3 is 0 Å². The zero-order chi connectivity index (χ0) is 9.84. The van der Waals surface area contributed by atoms with Gasteiger partial charge in [-0.25, -0.2) is 4.98 Å². The second-order valence-corrected chi connectivity index (χ2v) is 2.71. The SMILES string of the molecule is COc1cccnc1C(=O)C(C)N. The number of carbonyl (C=O) groups excluding carboxylic acids is 1. The first kappa shape index (κ1) is 9.67. The molecule has 1 atom stereocenters. The van der Waals surface area contributed by atoms with Gasteiger partial charge < -0.3 is 10.5 Å². The molecule has 4 nitrogen and oxygen atoms in total. The standard InChI is InChI=1S/C9H12N2O2/c1-6(10)9(12)8-7(13-2)4-3-5-11-8/h3-6H,10H2,1-2H3. The summed E-state index contributed by atoms with van der Waals surface area (Å²) in [6.45, 7) is 1.62. The Morgan fingerprint density at radius 2 is 2.38 bits per heavy atom. The molecule has 0 radical (unpaired) electrons. The zero-order valence-electron chi connectivity index (χ0n) is 7.65. The van der Waals surface area contributed by atoms with Gasteiger partial charge in [0.2, 0.25) is 5.78 Å². The van der Waals surface area contributed by atoms with E-state index in [9.17, 15) is 4.79 Å². The molecule has 0 aliphatic heterocycles. The van der Waals surface area contributed by atoms with E-state index in [2.05, 4.69) is 4.98 Å². The molecule has 0 amide bonds. The Balaban J connectivity index is 3.06. The molecule has 0 bridgehead atoms. The molecular formula is C9H12N2O2. The summed E-state index contributed by atoms with van der Waals surface area (Å²) in [7, 11) is 1.50. The summed E-state index contributed by atoms with van der Waals surface area (Å²) in [6, 6.07) is 2.84. The minimum Gasteiger partial charge on any atom is -0.494 e. The molecule has 0 saturated carbocycles. The van der Waals surface area contributed by atoms with Crippen LogP contribution in [0.15, 0.2) is 18.3 Å². The second-order valence-electron chi connectivity index (χ2n) is 2.71. The van der Waals surface area contributed by atoms with Crippen molar-refractivity contribution in [3.63, 3.8) is 0 Å². The molecule has 4 heteroatoms. The Kier molecular flexibility index (Phi) is 2.97. The number of methoxy groups -OCH3 is 1. The van der Waals surface area contributed by atoms with E-state index in [0.717, 1.165) is 0 Å². The molecule has 13 heavy (non-hydrogen) atoms. The van der Waals surface area contributed by atoms with Crippen molar-refractivity contribution in [1.29, 1.82) is 0 Å². The van der Waals surface area contributed by atoms with Crippen LogP contribution in [0.2, 0.25) is 0 Å². The van der Waals surface area contributed by atoms with Crippen LogP contribution in [0.4, 0.5) is 0 Å². The lowest BCUT2D eigenvalue weighted by Gasteiger charge is -2.07. The van der Waals surface area contributed by atoms with Crippen LogP contribution < -0.4 is 10.5 Å². The Labute approximate surface area is 76.7 Å². The Bertz CT molecular complexity index is 310. The third-order valence-electron chi connectivity index (χ3n) is 1.64. The number of pyridine rings is 1. The maximum absolute atomic E-state index is 11.5. The van der Waals surface area contributed by atoms with Crippen LogP contribution in [0.1, 0.15) is 17.4 Å². The minimum absolute atomic E-state index is 0.211. The number of nitrogens with zero attached hydrogens (tertiary/aromatic N) is 1. The fourth-order valence-corrected chi connectivity index (χ4v) is 0.956. The van der Waals surface area contributed by atoms with Gasteiger partial charge in [-0.2, -0.15) is 0 Å². The Morgan fingerprint density at radius 3 is 2.92 bits per heavy atom. The van der Waals surface area contributed by atoms with Crippen molar-refractivity contribution >= 4 is 5.78 Å². The minimum atomic E-state index is -0.552. The first-order valence-corrected chi connectivity index (χ1v) is 3.95. The van der Waals surface area contributed by atoms with Gasteiger partial charge in [-0.1, -0.05) is 0 Å². The van der Waals surface area contributed by atoms with E-state index in [1.165, 1.54) is 13.3 Å². The van der Waals surface area contributed by atoms with E-state index in [4.69, 9.17) is 10.5 Å². The highest BCUT2D eigenvalue weighted by molar-refractivity contribution is 6.00. The Morgan fingerprint density at radius 1 is 1.69 bits per heavy atom. The molecule has 0 aliphatic carbocycles. The van der Waals surface area contributed by atoms with Gasteiger partial charge in [0.15, 0.2) is 0 Å². The van der Waals surface area contributed by atoms with Crippen LogP contribution in [-0.4, -0.2) is 23.9 Å². The molecule has 70 valence electrons. The summed E-state index contributed by atoms with van der Waals surface area (Å²) in [4.78, 5) is 15.4. The largest absolute Gasteiger partial charge is 0.494 e. The van der Waals surface area contributed by atoms with E-state index in [1.54, 1.807) is 19.1 Å². The summed E-state index contributed by atoms with van der Waals surface area (Å²) < 4.78 is 4.98. The van der Waals surface area contributed by atoms with Crippen molar-refractivity contribution in [1.82, 2.24) is 4.98 Å². The van der Waals surface area contributed by atoms with Crippen LogP contribution in [0.3, 0.4) is 0 Å². The summed E-state index contributed by atoms with van der Waals surface area (Å²) in [6.07, 6.45) is 1.54. The highest BCUT2D eigenvalue weighted by Gasteiger charge is 2.16. The molecule has 0 saturated heterocycles. The lowest BCUT2D eigenvalue weighted by atomic mass is 10.1. The average Bonchev–Trinajstić information content (AvgIpc) is 2.16. The molecule has 0 aliphatic rings. The van der Waals surface area contributed by atoms with Crippen molar-refractivity contribution in [3.05, 3.63) is 24.0 Å². The van der Waals surface area contributed by atoms with E-state index in [0.29, 0.717) is 11.4 Å². The second kappa shape index (κ2) is 4.00. The monoisotopic (exact) mass is 180 g/mol. The van der Waals surface area contributed by atoms with Crippen LogP contribution >= 0.6 is 0 Å². The number of hydrogen-bond acceptors (Lipinski definition) is 4. The molecule has 1 unspecified atom stereocenters. The fraction of sp³-hybridized carbons (Fsp3) is 0.333. The number of hydrogen-bond donors (Lipinski definition) is 1. The van der Waals surface area contributed by atoms with E-state index in [1.807, 2.05) is 0 Å². The summed E-state index contributed by atoms with van der Waals surface area (Å²) in [5, 5.41) is 0. The molecule has 1 aromatic heterocycles. The predicted octanol–water partition coefficient (Wildman–Crippen LogP) is 0.620. The lowest BCUT2D eigenvalue weighted by Crippen LogP contribution is -2.27. The van der Waals surface area contributed by atoms with E-state index in [-0.39, 0.29) is 5.78 Å². The number of rotatable bonds is 3. The van der Waals surface area contributed by atoms with Crippen molar-refractivity contribution in [2.45, 2.75) is 13.0 Å². The zero-order valence-corrected chi connectivity index (χ0v) is 7.65. The fourth-order valence-electron chi connectivity index (χ4n) is 0.956. The number of nitrogens with two attached hydrogens (primary N) is 1. The summed E-state index contributed by atoms with van der Waals surface area (Å²) in [5.41, 5.74) is 5.74. The van der Waals surface area contributed by atoms with E-state index < -0.39 is 6.04 Å². The van der Waals surface area contributed by atoms with Crippen molar-refractivity contribution < 1.29 is 9.53 Å².